The molecule has 1 atom stereocenters. The summed E-state index contributed by atoms with van der Waals surface area (Å²) >= 11 is 5.61. The lowest BCUT2D eigenvalue weighted by atomic mass is 10.1. The average Bonchev–Trinajstić information content (AvgIpc) is 2.80. The van der Waals surface area contributed by atoms with Crippen molar-refractivity contribution in [2.75, 3.05) is 19.7 Å². The van der Waals surface area contributed by atoms with Crippen LogP contribution < -0.4 is 0 Å². The predicted molar refractivity (Wildman–Crippen MR) is 78.0 cm³/mol. The van der Waals surface area contributed by atoms with Gasteiger partial charge >= 0.3 is 0 Å². The summed E-state index contributed by atoms with van der Waals surface area (Å²) in [6.45, 7) is 1.56. The van der Waals surface area contributed by atoms with Gasteiger partial charge in [-0.3, -0.25) is 4.79 Å². The van der Waals surface area contributed by atoms with Crippen LogP contribution in [0.2, 0.25) is 0 Å². The Kier molecular flexibility index (Phi) is 4.43. The summed E-state index contributed by atoms with van der Waals surface area (Å²) in [5.41, 5.74) is 0.704. The molecule has 5 heteroatoms. The second-order valence-electron chi connectivity index (χ2n) is 4.21. The number of aliphatic hydroxyl groups is 1. The standard InChI is InChI=1S/C12H13BrINO2/c13-11-2-1-9(14)5-10(11)12(17)15-4-3-8(6-15)7-16/h1-2,5,8,16H,3-4,6-7H2. The number of carbonyl (C=O) groups is 1. The first-order valence-electron chi connectivity index (χ1n) is 5.47. The highest BCUT2D eigenvalue weighted by Crippen LogP contribution is 2.24. The third kappa shape index (κ3) is 3.00. The van der Waals surface area contributed by atoms with Gasteiger partial charge in [0, 0.05) is 33.7 Å². The van der Waals surface area contributed by atoms with Crippen LogP contribution in [0.5, 0.6) is 0 Å². The molecule has 2 rings (SSSR count). The van der Waals surface area contributed by atoms with E-state index in [4.69, 9.17) is 5.11 Å². The van der Waals surface area contributed by atoms with E-state index in [1.807, 2.05) is 23.1 Å². The summed E-state index contributed by atoms with van der Waals surface area (Å²) < 4.78 is 1.88. The summed E-state index contributed by atoms with van der Waals surface area (Å²) in [5, 5.41) is 9.09. The Morgan fingerprint density at radius 3 is 3.00 bits per heavy atom. The van der Waals surface area contributed by atoms with E-state index in [0.717, 1.165) is 21.0 Å². The van der Waals surface area contributed by atoms with E-state index < -0.39 is 0 Å². The van der Waals surface area contributed by atoms with Gasteiger partial charge in [-0.1, -0.05) is 0 Å². The van der Waals surface area contributed by atoms with Gasteiger partial charge in [0.25, 0.3) is 5.91 Å². The maximum atomic E-state index is 12.3. The molecule has 1 amide bonds. The van der Waals surface area contributed by atoms with Gasteiger partial charge in [-0.15, -0.1) is 0 Å². The summed E-state index contributed by atoms with van der Waals surface area (Å²) in [5.74, 6) is 0.284. The van der Waals surface area contributed by atoms with Gasteiger partial charge in [0.2, 0.25) is 0 Å². The highest BCUT2D eigenvalue weighted by molar-refractivity contribution is 14.1. The number of hydrogen-bond donors (Lipinski definition) is 1. The number of nitrogens with zero attached hydrogens (tertiary/aromatic N) is 1. The first kappa shape index (κ1) is 13.3. The number of rotatable bonds is 2. The molecule has 17 heavy (non-hydrogen) atoms. The SMILES string of the molecule is O=C(c1cc(I)ccc1Br)N1CCC(CO)C1. The van der Waals surface area contributed by atoms with Crippen molar-refractivity contribution >= 4 is 44.4 Å². The highest BCUT2D eigenvalue weighted by atomic mass is 127. The van der Waals surface area contributed by atoms with Crippen molar-refractivity contribution in [3.63, 3.8) is 0 Å². The Balaban J connectivity index is 2.17. The fourth-order valence-corrected chi connectivity index (χ4v) is 2.91. The molecule has 1 heterocycles. The van der Waals surface area contributed by atoms with Gasteiger partial charge in [-0.2, -0.15) is 0 Å². The van der Waals surface area contributed by atoms with Crippen LogP contribution >= 0.6 is 38.5 Å². The lowest BCUT2D eigenvalue weighted by Crippen LogP contribution is -2.29. The molecule has 1 aliphatic heterocycles. The molecule has 1 aliphatic rings. The summed E-state index contributed by atoms with van der Waals surface area (Å²) in [6.07, 6.45) is 0.893. The minimum Gasteiger partial charge on any atom is -0.396 e. The molecule has 0 aromatic heterocycles. The Labute approximate surface area is 122 Å². The highest BCUT2D eigenvalue weighted by Gasteiger charge is 2.27. The van der Waals surface area contributed by atoms with E-state index in [1.165, 1.54) is 0 Å². The van der Waals surface area contributed by atoms with Crippen LogP contribution in [-0.2, 0) is 0 Å². The number of amides is 1. The third-order valence-corrected chi connectivity index (χ3v) is 4.35. The molecule has 0 saturated carbocycles. The number of likely N-dealkylation sites (tertiary alicyclic amines) is 1. The Bertz CT molecular complexity index is 439. The molecule has 1 aromatic carbocycles. The van der Waals surface area contributed by atoms with Crippen molar-refractivity contribution < 1.29 is 9.90 Å². The van der Waals surface area contributed by atoms with Crippen LogP contribution in [0.3, 0.4) is 0 Å². The molecular formula is C12H13BrINO2. The summed E-state index contributed by atoms with van der Waals surface area (Å²) in [6, 6.07) is 5.75. The minimum absolute atomic E-state index is 0.0475. The number of aliphatic hydroxyl groups excluding tert-OH is 1. The van der Waals surface area contributed by atoms with Crippen LogP contribution in [0.4, 0.5) is 0 Å². The molecule has 3 nitrogen and oxygen atoms in total. The smallest absolute Gasteiger partial charge is 0.255 e. The van der Waals surface area contributed by atoms with Crippen molar-refractivity contribution in [2.45, 2.75) is 6.42 Å². The molecular weight excluding hydrogens is 397 g/mol. The molecule has 0 aliphatic carbocycles. The molecule has 1 fully saturated rings. The largest absolute Gasteiger partial charge is 0.396 e. The van der Waals surface area contributed by atoms with Crippen molar-refractivity contribution in [3.05, 3.63) is 31.8 Å². The summed E-state index contributed by atoms with van der Waals surface area (Å²) in [7, 11) is 0. The molecule has 0 bridgehead atoms. The number of carbonyl (C=O) groups excluding carboxylic acids is 1. The molecule has 92 valence electrons. The third-order valence-electron chi connectivity index (χ3n) is 2.99. The zero-order valence-corrected chi connectivity index (χ0v) is 12.9. The normalized spacial score (nSPS) is 19.7. The van der Waals surface area contributed by atoms with E-state index >= 15 is 0 Å². The van der Waals surface area contributed by atoms with E-state index in [9.17, 15) is 4.79 Å². The lowest BCUT2D eigenvalue weighted by Gasteiger charge is -2.17. The van der Waals surface area contributed by atoms with Crippen LogP contribution in [-0.4, -0.2) is 35.6 Å². The van der Waals surface area contributed by atoms with E-state index in [-0.39, 0.29) is 18.4 Å². The fraction of sp³-hybridized carbons (Fsp3) is 0.417. The van der Waals surface area contributed by atoms with Gasteiger partial charge in [-0.05, 0) is 63.1 Å². The molecule has 0 radical (unpaired) electrons. The molecule has 0 spiro atoms. The zero-order valence-electron chi connectivity index (χ0n) is 9.20. The Morgan fingerprint density at radius 1 is 1.59 bits per heavy atom. The van der Waals surface area contributed by atoms with E-state index in [1.54, 1.807) is 0 Å². The van der Waals surface area contributed by atoms with Gasteiger partial charge < -0.3 is 10.0 Å². The number of halogens is 2. The monoisotopic (exact) mass is 409 g/mol. The topological polar surface area (TPSA) is 40.5 Å². The predicted octanol–water partition coefficient (Wildman–Crippen LogP) is 2.51. The second kappa shape index (κ2) is 5.67. The Hall–Kier alpha value is -0.140. The average molecular weight is 410 g/mol. The van der Waals surface area contributed by atoms with Gasteiger partial charge in [0.05, 0.1) is 5.56 Å². The van der Waals surface area contributed by atoms with Crippen LogP contribution in [0.1, 0.15) is 16.8 Å². The molecule has 1 saturated heterocycles. The van der Waals surface area contributed by atoms with E-state index in [2.05, 4.69) is 38.5 Å². The number of benzene rings is 1. The molecule has 1 unspecified atom stereocenters. The van der Waals surface area contributed by atoms with Crippen LogP contribution in [0.25, 0.3) is 0 Å². The first-order chi connectivity index (χ1) is 8.11. The van der Waals surface area contributed by atoms with Gasteiger partial charge in [0.1, 0.15) is 0 Å². The van der Waals surface area contributed by atoms with Gasteiger partial charge in [-0.25, -0.2) is 0 Å². The molecule has 1 N–H and O–H groups in total. The fourth-order valence-electron chi connectivity index (χ4n) is 2.00. The van der Waals surface area contributed by atoms with Crippen molar-refractivity contribution in [2.24, 2.45) is 5.92 Å². The van der Waals surface area contributed by atoms with Crippen molar-refractivity contribution in [1.29, 1.82) is 0 Å². The Morgan fingerprint density at radius 2 is 2.35 bits per heavy atom. The maximum Gasteiger partial charge on any atom is 0.255 e. The zero-order chi connectivity index (χ0) is 12.4. The minimum atomic E-state index is 0.0475. The van der Waals surface area contributed by atoms with Gasteiger partial charge in [0.15, 0.2) is 0 Å². The van der Waals surface area contributed by atoms with Crippen LogP contribution in [0.15, 0.2) is 22.7 Å². The van der Waals surface area contributed by atoms with Crippen LogP contribution in [0, 0.1) is 9.49 Å². The summed E-state index contributed by atoms with van der Waals surface area (Å²) in [4.78, 5) is 14.1. The van der Waals surface area contributed by atoms with E-state index in [0.29, 0.717) is 12.1 Å². The maximum absolute atomic E-state index is 12.3. The van der Waals surface area contributed by atoms with Crippen molar-refractivity contribution in [3.8, 4) is 0 Å². The van der Waals surface area contributed by atoms with Crippen molar-refractivity contribution in [1.82, 2.24) is 4.90 Å². The second-order valence-corrected chi connectivity index (χ2v) is 6.31. The number of hydrogen-bond acceptors (Lipinski definition) is 2. The molecule has 1 aromatic rings. The first-order valence-corrected chi connectivity index (χ1v) is 7.34. The quantitative estimate of drug-likeness (QED) is 0.762. The lowest BCUT2D eigenvalue weighted by molar-refractivity contribution is 0.0781.